The van der Waals surface area contributed by atoms with Crippen molar-refractivity contribution in [3.63, 3.8) is 0 Å². The molecule has 0 bridgehead atoms. The average Bonchev–Trinajstić information content (AvgIpc) is 2.58. The van der Waals surface area contributed by atoms with Gasteiger partial charge in [0.25, 0.3) is 0 Å². The van der Waals surface area contributed by atoms with Crippen molar-refractivity contribution in [2.45, 2.75) is 61.4 Å². The quantitative estimate of drug-likeness (QED) is 0.251. The van der Waals surface area contributed by atoms with Crippen LogP contribution in [0.15, 0.2) is 0 Å². The van der Waals surface area contributed by atoms with Crippen LogP contribution in [0.5, 0.6) is 0 Å². The van der Waals surface area contributed by atoms with Crippen molar-refractivity contribution in [2.24, 2.45) is 0 Å². The van der Waals surface area contributed by atoms with E-state index in [-0.39, 0.29) is 6.61 Å². The van der Waals surface area contributed by atoms with Gasteiger partial charge in [-0.25, -0.2) is 0 Å². The molecule has 10 atom stereocenters. The molecule has 24 heavy (non-hydrogen) atoms. The van der Waals surface area contributed by atoms with Gasteiger partial charge in [0.1, 0.15) is 48.8 Å². The molecule has 2 aliphatic heterocycles. The molecule has 0 spiro atoms. The Balaban J connectivity index is 1.96. The van der Waals surface area contributed by atoms with E-state index >= 15 is 0 Å². The molecule has 11 nitrogen and oxygen atoms in total. The maximum atomic E-state index is 9.91. The third-order valence-corrected chi connectivity index (χ3v) is 4.17. The van der Waals surface area contributed by atoms with Crippen molar-refractivity contribution in [3.8, 4) is 0 Å². The van der Waals surface area contributed by atoms with E-state index in [0.717, 1.165) is 0 Å². The number of methoxy groups -OCH3 is 1. The van der Waals surface area contributed by atoms with Gasteiger partial charge in [-0.1, -0.05) is 0 Å². The van der Waals surface area contributed by atoms with E-state index in [1.165, 1.54) is 7.11 Å². The lowest BCUT2D eigenvalue weighted by Crippen LogP contribution is -2.61. The van der Waals surface area contributed by atoms with Gasteiger partial charge in [0, 0.05) is 7.11 Å². The summed E-state index contributed by atoms with van der Waals surface area (Å²) in [7, 11) is 1.24. The number of ether oxygens (including phenoxy) is 4. The standard InChI is InChI=1S/C13H24O11/c1-21-12-10(19)9(18)7(16)5(24-12)3-22-13-11(20)8(17)6(15)4(2-14)23-13/h4-20H,2-3H2,1H3/t4-,5+,6-,7+,8+,9-,10+,11-,12-,13+/m1/s1. The summed E-state index contributed by atoms with van der Waals surface area (Å²) in [5.41, 5.74) is 0. The SMILES string of the molecule is CO[C@@H]1O[C@@H](CO[C@H]2O[C@H](CO)[C@@H](O)[C@H](O)[C@H]2O)[C@H](O)[C@@H](O)[C@@H]1O. The molecule has 0 unspecified atom stereocenters. The molecule has 0 amide bonds. The van der Waals surface area contributed by atoms with Crippen LogP contribution < -0.4 is 0 Å². The number of aliphatic hydroxyl groups is 7. The number of aliphatic hydroxyl groups excluding tert-OH is 7. The van der Waals surface area contributed by atoms with E-state index in [9.17, 15) is 30.6 Å². The zero-order chi connectivity index (χ0) is 18.0. The first-order valence-electron chi connectivity index (χ1n) is 7.46. The van der Waals surface area contributed by atoms with Crippen molar-refractivity contribution in [3.05, 3.63) is 0 Å². The largest absolute Gasteiger partial charge is 0.394 e. The predicted molar refractivity (Wildman–Crippen MR) is 73.4 cm³/mol. The fourth-order valence-corrected chi connectivity index (χ4v) is 2.64. The first kappa shape index (κ1) is 19.9. The average molecular weight is 356 g/mol. The van der Waals surface area contributed by atoms with Crippen LogP contribution in [0.25, 0.3) is 0 Å². The van der Waals surface area contributed by atoms with Crippen molar-refractivity contribution >= 4 is 0 Å². The predicted octanol–water partition coefficient (Wildman–Crippen LogP) is -4.74. The topological polar surface area (TPSA) is 179 Å². The fourth-order valence-electron chi connectivity index (χ4n) is 2.64. The summed E-state index contributed by atoms with van der Waals surface area (Å²) in [5, 5.41) is 67.6. The summed E-state index contributed by atoms with van der Waals surface area (Å²) in [6, 6.07) is 0. The summed E-state index contributed by atoms with van der Waals surface area (Å²) in [4.78, 5) is 0. The molecule has 0 radical (unpaired) electrons. The molecule has 2 aliphatic rings. The van der Waals surface area contributed by atoms with E-state index in [1.54, 1.807) is 0 Å². The molecule has 2 heterocycles. The van der Waals surface area contributed by atoms with Gasteiger partial charge in [0.05, 0.1) is 13.2 Å². The van der Waals surface area contributed by atoms with Crippen LogP contribution in [0.4, 0.5) is 0 Å². The summed E-state index contributed by atoms with van der Waals surface area (Å²) >= 11 is 0. The maximum Gasteiger partial charge on any atom is 0.186 e. The second-order valence-corrected chi connectivity index (χ2v) is 5.78. The van der Waals surface area contributed by atoms with Gasteiger partial charge in [-0.2, -0.15) is 0 Å². The maximum absolute atomic E-state index is 9.91. The smallest absolute Gasteiger partial charge is 0.186 e. The first-order valence-corrected chi connectivity index (χ1v) is 7.46. The lowest BCUT2D eigenvalue weighted by molar-refractivity contribution is -0.328. The van der Waals surface area contributed by atoms with E-state index in [1.807, 2.05) is 0 Å². The summed E-state index contributed by atoms with van der Waals surface area (Å²) in [5.74, 6) is 0. The fraction of sp³-hybridized carbons (Fsp3) is 1.00. The van der Waals surface area contributed by atoms with Crippen LogP contribution in [-0.4, -0.2) is 117 Å². The van der Waals surface area contributed by atoms with Crippen molar-refractivity contribution in [1.29, 1.82) is 0 Å². The molecule has 11 heteroatoms. The molecular weight excluding hydrogens is 332 g/mol. The molecule has 0 aromatic rings. The lowest BCUT2D eigenvalue weighted by Gasteiger charge is -2.42. The van der Waals surface area contributed by atoms with E-state index in [0.29, 0.717) is 0 Å². The van der Waals surface area contributed by atoms with E-state index < -0.39 is 68.0 Å². The molecule has 2 fully saturated rings. The van der Waals surface area contributed by atoms with Crippen LogP contribution in [0.2, 0.25) is 0 Å². The van der Waals surface area contributed by atoms with E-state index in [4.69, 9.17) is 24.1 Å². The zero-order valence-corrected chi connectivity index (χ0v) is 13.0. The van der Waals surface area contributed by atoms with Gasteiger partial charge in [0.15, 0.2) is 12.6 Å². The highest BCUT2D eigenvalue weighted by Gasteiger charge is 2.47. The van der Waals surface area contributed by atoms with Gasteiger partial charge in [-0.15, -0.1) is 0 Å². The lowest BCUT2D eigenvalue weighted by atomic mass is 9.98. The number of hydrogen-bond donors (Lipinski definition) is 7. The van der Waals surface area contributed by atoms with Gasteiger partial charge in [-0.3, -0.25) is 0 Å². The Morgan fingerprint density at radius 3 is 1.75 bits per heavy atom. The Morgan fingerprint density at radius 2 is 1.21 bits per heavy atom. The Morgan fingerprint density at radius 1 is 0.708 bits per heavy atom. The Kier molecular flexibility index (Phi) is 6.87. The molecule has 0 saturated carbocycles. The minimum absolute atomic E-state index is 0.381. The zero-order valence-electron chi connectivity index (χ0n) is 13.0. The molecule has 2 rings (SSSR count). The Labute approximate surface area is 137 Å². The van der Waals surface area contributed by atoms with Crippen molar-refractivity contribution < 1.29 is 54.7 Å². The van der Waals surface area contributed by atoms with Crippen molar-refractivity contribution in [1.82, 2.24) is 0 Å². The van der Waals surface area contributed by atoms with Crippen molar-refractivity contribution in [2.75, 3.05) is 20.3 Å². The van der Waals surface area contributed by atoms with Crippen LogP contribution >= 0.6 is 0 Å². The third-order valence-electron chi connectivity index (χ3n) is 4.17. The Hall–Kier alpha value is -0.440. The highest BCUT2D eigenvalue weighted by atomic mass is 16.7. The van der Waals surface area contributed by atoms with Gasteiger partial charge in [0.2, 0.25) is 0 Å². The second-order valence-electron chi connectivity index (χ2n) is 5.78. The molecule has 0 aromatic heterocycles. The highest BCUT2D eigenvalue weighted by molar-refractivity contribution is 4.91. The van der Waals surface area contributed by atoms with Crippen LogP contribution in [0.3, 0.4) is 0 Å². The van der Waals surface area contributed by atoms with Gasteiger partial charge >= 0.3 is 0 Å². The number of rotatable bonds is 5. The Bertz CT molecular complexity index is 356. The van der Waals surface area contributed by atoms with Gasteiger partial charge < -0.3 is 54.7 Å². The monoisotopic (exact) mass is 356 g/mol. The first-order chi connectivity index (χ1) is 11.3. The second kappa shape index (κ2) is 8.29. The normalized spacial score (nSPS) is 50.0. The van der Waals surface area contributed by atoms with E-state index in [2.05, 4.69) is 0 Å². The van der Waals surface area contributed by atoms with Crippen LogP contribution in [-0.2, 0) is 18.9 Å². The van der Waals surface area contributed by atoms with Crippen LogP contribution in [0.1, 0.15) is 0 Å². The molecule has 0 aromatic carbocycles. The summed E-state index contributed by atoms with van der Waals surface area (Å²) in [6.45, 7) is -0.989. The van der Waals surface area contributed by atoms with Gasteiger partial charge in [-0.05, 0) is 0 Å². The third kappa shape index (κ3) is 3.86. The molecule has 2 saturated heterocycles. The minimum atomic E-state index is -1.60. The molecule has 0 aliphatic carbocycles. The molecule has 142 valence electrons. The molecular formula is C13H24O11. The molecule has 7 N–H and O–H groups in total. The minimum Gasteiger partial charge on any atom is -0.394 e. The highest BCUT2D eigenvalue weighted by Crippen LogP contribution is 2.25. The summed E-state index contributed by atoms with van der Waals surface area (Å²) < 4.78 is 20.5. The summed E-state index contributed by atoms with van der Waals surface area (Å²) in [6.07, 6.45) is -14.0. The van der Waals surface area contributed by atoms with Crippen LogP contribution in [0, 0.1) is 0 Å². The number of hydrogen-bond acceptors (Lipinski definition) is 11.